The second-order valence-electron chi connectivity index (χ2n) is 5.52. The lowest BCUT2D eigenvalue weighted by molar-refractivity contribution is -0.138. The minimum atomic E-state index is -0.251. The number of benzene rings is 1. The molecule has 1 aliphatic rings. The molecule has 2 heterocycles. The first-order valence-corrected chi connectivity index (χ1v) is 7.27. The van der Waals surface area contributed by atoms with Crippen LogP contribution in [0.5, 0.6) is 0 Å². The van der Waals surface area contributed by atoms with Crippen molar-refractivity contribution in [3.05, 3.63) is 34.2 Å². The predicted octanol–water partition coefficient (Wildman–Crippen LogP) is 0.0894. The van der Waals surface area contributed by atoms with Crippen LogP contribution in [0, 0.1) is 0 Å². The first-order valence-electron chi connectivity index (χ1n) is 7.27. The lowest BCUT2D eigenvalue weighted by atomic mass is 10.1. The Hall–Kier alpha value is -2.57. The molecule has 22 heavy (non-hydrogen) atoms. The smallest absolute Gasteiger partial charge is 0.323 e. The molecule has 1 aromatic heterocycles. The van der Waals surface area contributed by atoms with Crippen molar-refractivity contribution < 1.29 is 9.59 Å². The minimum absolute atomic E-state index is 0.0421. The van der Waals surface area contributed by atoms with Crippen LogP contribution in [0.1, 0.15) is 12.5 Å². The number of carbonyl (C=O) groups is 2. The van der Waals surface area contributed by atoms with Crippen LogP contribution in [0.15, 0.2) is 23.0 Å². The van der Waals surface area contributed by atoms with Gasteiger partial charge in [-0.2, -0.15) is 0 Å². The Morgan fingerprint density at radius 3 is 2.36 bits per heavy atom. The van der Waals surface area contributed by atoms with Crippen molar-refractivity contribution in [1.29, 1.82) is 0 Å². The lowest BCUT2D eigenvalue weighted by Crippen LogP contribution is -2.50. The number of piperazine rings is 1. The van der Waals surface area contributed by atoms with Crippen LogP contribution >= 0.6 is 0 Å². The lowest BCUT2D eigenvalue weighted by Gasteiger charge is -2.34. The van der Waals surface area contributed by atoms with Gasteiger partial charge in [0.25, 0.3) is 0 Å². The SMILES string of the molecule is CC(=O)N1CCN(C(=O)Cc2ccc3[nH]c(=O)[nH]c3c2)CC1. The number of nitrogens with one attached hydrogen (secondary N) is 2. The number of amides is 2. The maximum atomic E-state index is 12.3. The molecule has 7 nitrogen and oxygen atoms in total. The van der Waals surface area contributed by atoms with Crippen molar-refractivity contribution in [2.45, 2.75) is 13.3 Å². The van der Waals surface area contributed by atoms with E-state index < -0.39 is 0 Å². The molecule has 1 aromatic carbocycles. The van der Waals surface area contributed by atoms with Crippen molar-refractivity contribution in [3.63, 3.8) is 0 Å². The highest BCUT2D eigenvalue weighted by Crippen LogP contribution is 2.12. The Kier molecular flexibility index (Phi) is 3.70. The third-order valence-corrected chi connectivity index (χ3v) is 4.01. The Balaban J connectivity index is 1.65. The molecule has 1 fully saturated rings. The van der Waals surface area contributed by atoms with Gasteiger partial charge in [-0.25, -0.2) is 4.79 Å². The van der Waals surface area contributed by atoms with Gasteiger partial charge in [0.05, 0.1) is 17.5 Å². The molecule has 2 amide bonds. The molecule has 1 saturated heterocycles. The number of nitrogens with zero attached hydrogens (tertiary/aromatic N) is 2. The Morgan fingerprint density at radius 1 is 1.05 bits per heavy atom. The zero-order valence-corrected chi connectivity index (χ0v) is 12.4. The summed E-state index contributed by atoms with van der Waals surface area (Å²) in [6, 6.07) is 5.45. The van der Waals surface area contributed by atoms with Crippen molar-refractivity contribution in [2.75, 3.05) is 26.2 Å². The molecule has 2 aromatic rings. The summed E-state index contributed by atoms with van der Waals surface area (Å²) in [5, 5.41) is 0. The maximum Gasteiger partial charge on any atom is 0.323 e. The molecule has 0 bridgehead atoms. The number of aromatic nitrogens is 2. The van der Waals surface area contributed by atoms with Gasteiger partial charge in [0.1, 0.15) is 0 Å². The van der Waals surface area contributed by atoms with E-state index in [4.69, 9.17) is 0 Å². The van der Waals surface area contributed by atoms with E-state index in [0.717, 1.165) is 11.1 Å². The molecule has 2 N–H and O–H groups in total. The summed E-state index contributed by atoms with van der Waals surface area (Å²) >= 11 is 0. The van der Waals surface area contributed by atoms with Crippen LogP contribution < -0.4 is 5.69 Å². The molecule has 1 aliphatic heterocycles. The number of imidazole rings is 1. The van der Waals surface area contributed by atoms with E-state index in [2.05, 4.69) is 9.97 Å². The van der Waals surface area contributed by atoms with Gasteiger partial charge in [0.15, 0.2) is 0 Å². The number of hydrogen-bond acceptors (Lipinski definition) is 3. The standard InChI is InChI=1S/C15H18N4O3/c1-10(20)18-4-6-19(7-5-18)14(21)9-11-2-3-12-13(8-11)17-15(22)16-12/h2-3,8H,4-7,9H2,1H3,(H2,16,17,22). The fourth-order valence-electron chi connectivity index (χ4n) is 2.75. The van der Waals surface area contributed by atoms with E-state index in [-0.39, 0.29) is 17.5 Å². The number of fused-ring (bicyclic) bond motifs is 1. The summed E-state index contributed by atoms with van der Waals surface area (Å²) in [6.45, 7) is 3.87. The van der Waals surface area contributed by atoms with Gasteiger partial charge in [-0.05, 0) is 17.7 Å². The number of aromatic amines is 2. The zero-order chi connectivity index (χ0) is 15.7. The average molecular weight is 302 g/mol. The van der Waals surface area contributed by atoms with Crippen LogP contribution in [0.25, 0.3) is 11.0 Å². The molecule has 0 aliphatic carbocycles. The summed E-state index contributed by atoms with van der Waals surface area (Å²) in [4.78, 5) is 43.7. The van der Waals surface area contributed by atoms with Gasteiger partial charge in [0, 0.05) is 33.1 Å². The van der Waals surface area contributed by atoms with Crippen LogP contribution in [-0.2, 0) is 16.0 Å². The summed E-state index contributed by atoms with van der Waals surface area (Å²) in [6.07, 6.45) is 0.295. The maximum absolute atomic E-state index is 12.3. The van der Waals surface area contributed by atoms with Gasteiger partial charge < -0.3 is 19.8 Å². The number of H-pyrrole nitrogens is 2. The molecular formula is C15H18N4O3. The second-order valence-corrected chi connectivity index (χ2v) is 5.52. The average Bonchev–Trinajstić information content (AvgIpc) is 2.86. The molecule has 7 heteroatoms. The van der Waals surface area contributed by atoms with Crippen molar-refractivity contribution in [1.82, 2.24) is 19.8 Å². The molecule has 0 spiro atoms. The quantitative estimate of drug-likeness (QED) is 0.824. The Labute approximate surface area is 126 Å². The monoisotopic (exact) mass is 302 g/mol. The van der Waals surface area contributed by atoms with E-state index >= 15 is 0 Å². The van der Waals surface area contributed by atoms with Gasteiger partial charge in [-0.15, -0.1) is 0 Å². The van der Waals surface area contributed by atoms with E-state index in [1.54, 1.807) is 22.8 Å². The normalized spacial score (nSPS) is 15.3. The molecule has 3 rings (SSSR count). The second kappa shape index (κ2) is 5.67. The fraction of sp³-hybridized carbons (Fsp3) is 0.400. The molecule has 0 saturated carbocycles. The molecule has 116 valence electrons. The number of hydrogen-bond donors (Lipinski definition) is 2. The highest BCUT2D eigenvalue weighted by molar-refractivity contribution is 5.82. The van der Waals surface area contributed by atoms with E-state index in [0.29, 0.717) is 38.1 Å². The largest absolute Gasteiger partial charge is 0.339 e. The van der Waals surface area contributed by atoms with Gasteiger partial charge in [-0.3, -0.25) is 9.59 Å². The molecule has 0 atom stereocenters. The third-order valence-electron chi connectivity index (χ3n) is 4.01. The highest BCUT2D eigenvalue weighted by atomic mass is 16.2. The van der Waals surface area contributed by atoms with E-state index in [9.17, 15) is 14.4 Å². The van der Waals surface area contributed by atoms with Crippen molar-refractivity contribution in [2.24, 2.45) is 0 Å². The number of rotatable bonds is 2. The topological polar surface area (TPSA) is 89.3 Å². The van der Waals surface area contributed by atoms with Crippen molar-refractivity contribution in [3.8, 4) is 0 Å². The zero-order valence-electron chi connectivity index (χ0n) is 12.4. The number of carbonyl (C=O) groups excluding carboxylic acids is 2. The summed E-state index contributed by atoms with van der Waals surface area (Å²) in [5.74, 6) is 0.0920. The molecule has 0 radical (unpaired) electrons. The van der Waals surface area contributed by atoms with E-state index in [1.807, 2.05) is 12.1 Å². The summed E-state index contributed by atoms with van der Waals surface area (Å²) in [5.41, 5.74) is 2.05. The first kappa shape index (κ1) is 14.4. The van der Waals surface area contributed by atoms with Crippen LogP contribution in [0.2, 0.25) is 0 Å². The third kappa shape index (κ3) is 2.88. The first-order chi connectivity index (χ1) is 10.5. The summed E-state index contributed by atoms with van der Waals surface area (Å²) in [7, 11) is 0. The van der Waals surface area contributed by atoms with Crippen molar-refractivity contribution >= 4 is 22.8 Å². The van der Waals surface area contributed by atoms with Gasteiger partial charge >= 0.3 is 5.69 Å². The highest BCUT2D eigenvalue weighted by Gasteiger charge is 2.22. The Morgan fingerprint density at radius 2 is 1.68 bits per heavy atom. The van der Waals surface area contributed by atoms with Crippen LogP contribution in [0.3, 0.4) is 0 Å². The minimum Gasteiger partial charge on any atom is -0.339 e. The fourth-order valence-corrected chi connectivity index (χ4v) is 2.75. The molecule has 0 unspecified atom stereocenters. The molecular weight excluding hydrogens is 284 g/mol. The van der Waals surface area contributed by atoms with Gasteiger partial charge in [-0.1, -0.05) is 6.07 Å². The van der Waals surface area contributed by atoms with E-state index in [1.165, 1.54) is 0 Å². The van der Waals surface area contributed by atoms with Crippen LogP contribution in [0.4, 0.5) is 0 Å². The summed E-state index contributed by atoms with van der Waals surface area (Å²) < 4.78 is 0. The van der Waals surface area contributed by atoms with Gasteiger partial charge in [0.2, 0.25) is 11.8 Å². The predicted molar refractivity (Wildman–Crippen MR) is 81.5 cm³/mol. The Bertz CT molecular complexity index is 768. The van der Waals surface area contributed by atoms with Crippen LogP contribution in [-0.4, -0.2) is 57.8 Å².